The average molecular weight is 442 g/mol. The Hall–Kier alpha value is -3.86. The standard InChI is InChI=1S/C28H27NO4/c1-3-4-8-20-11-13-22(14-12-20)29-26(30)18-32-25-16-15-23-24(21-9-6-5-7-10-21)17-27(31)33-28(23)19(25)2/h5-7,9-17H,3-4,8,18H2,1-2H3,(H,29,30). The molecule has 1 heterocycles. The van der Waals surface area contributed by atoms with Crippen LogP contribution in [0.25, 0.3) is 22.1 Å². The fraction of sp³-hybridized carbons (Fsp3) is 0.214. The third-order valence-corrected chi connectivity index (χ3v) is 5.61. The Labute approximate surface area is 193 Å². The van der Waals surface area contributed by atoms with Gasteiger partial charge in [0.2, 0.25) is 0 Å². The first-order valence-corrected chi connectivity index (χ1v) is 11.2. The maximum atomic E-state index is 12.4. The first kappa shape index (κ1) is 22.3. The lowest BCUT2D eigenvalue weighted by molar-refractivity contribution is -0.118. The summed E-state index contributed by atoms with van der Waals surface area (Å²) in [7, 11) is 0. The topological polar surface area (TPSA) is 68.5 Å². The Morgan fingerprint density at radius 1 is 1.00 bits per heavy atom. The first-order chi connectivity index (χ1) is 16.0. The van der Waals surface area contributed by atoms with E-state index < -0.39 is 5.63 Å². The molecule has 4 aromatic rings. The molecule has 0 aliphatic heterocycles. The van der Waals surface area contributed by atoms with E-state index in [-0.39, 0.29) is 12.5 Å². The Morgan fingerprint density at radius 2 is 1.76 bits per heavy atom. The van der Waals surface area contributed by atoms with Gasteiger partial charge in [-0.2, -0.15) is 0 Å². The van der Waals surface area contributed by atoms with Crippen LogP contribution in [0.2, 0.25) is 0 Å². The van der Waals surface area contributed by atoms with E-state index >= 15 is 0 Å². The number of ether oxygens (including phenoxy) is 1. The summed E-state index contributed by atoms with van der Waals surface area (Å²) in [5.74, 6) is 0.246. The van der Waals surface area contributed by atoms with E-state index in [2.05, 4.69) is 12.2 Å². The van der Waals surface area contributed by atoms with E-state index in [1.165, 1.54) is 11.6 Å². The molecule has 0 spiro atoms. The molecule has 0 aliphatic carbocycles. The summed E-state index contributed by atoms with van der Waals surface area (Å²) in [6.45, 7) is 3.84. The Morgan fingerprint density at radius 3 is 2.48 bits per heavy atom. The summed E-state index contributed by atoms with van der Waals surface area (Å²) in [6.07, 6.45) is 3.34. The number of rotatable bonds is 8. The van der Waals surface area contributed by atoms with Crippen LogP contribution in [0, 0.1) is 6.92 Å². The molecule has 3 aromatic carbocycles. The van der Waals surface area contributed by atoms with Crippen molar-refractivity contribution in [1.82, 2.24) is 0 Å². The molecule has 1 aromatic heterocycles. The number of amides is 1. The van der Waals surface area contributed by atoms with Gasteiger partial charge in [0, 0.05) is 22.7 Å². The van der Waals surface area contributed by atoms with E-state index in [1.807, 2.05) is 67.6 Å². The Kier molecular flexibility index (Phi) is 6.89. The van der Waals surface area contributed by atoms with Gasteiger partial charge in [-0.3, -0.25) is 4.79 Å². The van der Waals surface area contributed by atoms with Gasteiger partial charge in [-0.05, 0) is 60.7 Å². The largest absolute Gasteiger partial charge is 0.483 e. The quantitative estimate of drug-likeness (QED) is 0.334. The first-order valence-electron chi connectivity index (χ1n) is 11.2. The lowest BCUT2D eigenvalue weighted by Crippen LogP contribution is -2.20. The van der Waals surface area contributed by atoms with Gasteiger partial charge in [0.1, 0.15) is 11.3 Å². The molecular formula is C28H27NO4. The molecule has 0 bridgehead atoms. The van der Waals surface area contributed by atoms with Crippen molar-refractivity contribution < 1.29 is 13.9 Å². The van der Waals surface area contributed by atoms with Gasteiger partial charge in [-0.1, -0.05) is 55.8 Å². The van der Waals surface area contributed by atoms with Crippen LogP contribution in [0.1, 0.15) is 30.9 Å². The lowest BCUT2D eigenvalue weighted by atomic mass is 10.0. The van der Waals surface area contributed by atoms with Gasteiger partial charge in [-0.15, -0.1) is 0 Å². The summed E-state index contributed by atoms with van der Waals surface area (Å²) in [6, 6.07) is 22.7. The van der Waals surface area contributed by atoms with Gasteiger partial charge in [0.15, 0.2) is 6.61 Å². The van der Waals surface area contributed by atoms with Crippen LogP contribution in [0.3, 0.4) is 0 Å². The van der Waals surface area contributed by atoms with Crippen LogP contribution in [0.5, 0.6) is 5.75 Å². The zero-order valence-electron chi connectivity index (χ0n) is 18.9. The minimum atomic E-state index is -0.429. The molecule has 0 atom stereocenters. The van der Waals surface area contributed by atoms with Crippen molar-refractivity contribution in [2.24, 2.45) is 0 Å². The van der Waals surface area contributed by atoms with Crippen LogP contribution < -0.4 is 15.7 Å². The number of carbonyl (C=O) groups excluding carboxylic acids is 1. The second kappa shape index (κ2) is 10.2. The van der Waals surface area contributed by atoms with Gasteiger partial charge in [0.05, 0.1) is 0 Å². The monoisotopic (exact) mass is 441 g/mol. The minimum absolute atomic E-state index is 0.146. The van der Waals surface area contributed by atoms with E-state index in [0.29, 0.717) is 16.9 Å². The van der Waals surface area contributed by atoms with E-state index in [4.69, 9.17) is 9.15 Å². The molecular weight excluding hydrogens is 414 g/mol. The Balaban J connectivity index is 1.48. The number of nitrogens with one attached hydrogen (secondary N) is 1. The smallest absolute Gasteiger partial charge is 0.336 e. The average Bonchev–Trinajstić information content (AvgIpc) is 2.83. The number of hydrogen-bond acceptors (Lipinski definition) is 4. The predicted molar refractivity (Wildman–Crippen MR) is 132 cm³/mol. The molecule has 0 saturated carbocycles. The molecule has 5 nitrogen and oxygen atoms in total. The third kappa shape index (κ3) is 5.32. The van der Waals surface area contributed by atoms with Crippen molar-refractivity contribution in [1.29, 1.82) is 0 Å². The Bertz CT molecular complexity index is 1310. The molecule has 0 radical (unpaired) electrons. The molecule has 1 N–H and O–H groups in total. The molecule has 168 valence electrons. The maximum absolute atomic E-state index is 12.4. The van der Waals surface area contributed by atoms with Crippen LogP contribution in [-0.4, -0.2) is 12.5 Å². The number of aryl methyl sites for hydroxylation is 2. The number of hydrogen-bond donors (Lipinski definition) is 1. The van der Waals surface area contributed by atoms with Crippen LogP contribution in [-0.2, 0) is 11.2 Å². The maximum Gasteiger partial charge on any atom is 0.336 e. The van der Waals surface area contributed by atoms with Gasteiger partial charge in [0.25, 0.3) is 5.91 Å². The number of fused-ring (bicyclic) bond motifs is 1. The summed E-state index contributed by atoms with van der Waals surface area (Å²) >= 11 is 0. The molecule has 0 saturated heterocycles. The van der Waals surface area contributed by atoms with Crippen LogP contribution in [0.15, 0.2) is 82.0 Å². The summed E-state index contributed by atoms with van der Waals surface area (Å²) in [4.78, 5) is 24.6. The van der Waals surface area contributed by atoms with Crippen molar-refractivity contribution in [3.8, 4) is 16.9 Å². The van der Waals surface area contributed by atoms with Gasteiger partial charge < -0.3 is 14.5 Å². The highest BCUT2D eigenvalue weighted by atomic mass is 16.5. The van der Waals surface area contributed by atoms with Crippen LogP contribution >= 0.6 is 0 Å². The van der Waals surface area contributed by atoms with E-state index in [1.54, 1.807) is 6.07 Å². The number of anilines is 1. The number of unbranched alkanes of at least 4 members (excludes halogenated alkanes) is 1. The predicted octanol–water partition coefficient (Wildman–Crippen LogP) is 6.13. The molecule has 0 fully saturated rings. The summed E-state index contributed by atoms with van der Waals surface area (Å²) in [5, 5.41) is 3.67. The molecule has 0 unspecified atom stereocenters. The van der Waals surface area contributed by atoms with Crippen molar-refractivity contribution in [2.75, 3.05) is 11.9 Å². The number of benzene rings is 3. The van der Waals surface area contributed by atoms with E-state index in [0.717, 1.165) is 41.5 Å². The normalized spacial score (nSPS) is 10.8. The molecule has 1 amide bonds. The van der Waals surface area contributed by atoms with Crippen molar-refractivity contribution in [2.45, 2.75) is 33.1 Å². The highest BCUT2D eigenvalue weighted by Crippen LogP contribution is 2.33. The zero-order valence-corrected chi connectivity index (χ0v) is 18.9. The number of carbonyl (C=O) groups is 1. The highest BCUT2D eigenvalue weighted by Gasteiger charge is 2.14. The fourth-order valence-corrected chi connectivity index (χ4v) is 3.83. The van der Waals surface area contributed by atoms with Crippen molar-refractivity contribution >= 4 is 22.6 Å². The molecule has 0 aliphatic rings. The second-order valence-electron chi connectivity index (χ2n) is 8.05. The fourth-order valence-electron chi connectivity index (χ4n) is 3.83. The molecule has 4 rings (SSSR count). The SMILES string of the molecule is CCCCc1ccc(NC(=O)COc2ccc3c(-c4ccccc4)cc(=O)oc3c2C)cc1. The van der Waals surface area contributed by atoms with Crippen molar-refractivity contribution in [3.05, 3.63) is 94.3 Å². The van der Waals surface area contributed by atoms with E-state index in [9.17, 15) is 9.59 Å². The summed E-state index contributed by atoms with van der Waals surface area (Å²) in [5.41, 5.74) is 4.44. The molecule has 33 heavy (non-hydrogen) atoms. The highest BCUT2D eigenvalue weighted by molar-refractivity contribution is 5.96. The molecule has 5 heteroatoms. The second-order valence-corrected chi connectivity index (χ2v) is 8.05. The van der Waals surface area contributed by atoms with Gasteiger partial charge >= 0.3 is 5.63 Å². The summed E-state index contributed by atoms with van der Waals surface area (Å²) < 4.78 is 11.3. The van der Waals surface area contributed by atoms with Crippen molar-refractivity contribution in [3.63, 3.8) is 0 Å². The van der Waals surface area contributed by atoms with Gasteiger partial charge in [-0.25, -0.2) is 4.79 Å². The van der Waals surface area contributed by atoms with Crippen LogP contribution in [0.4, 0.5) is 5.69 Å². The third-order valence-electron chi connectivity index (χ3n) is 5.61. The minimum Gasteiger partial charge on any atom is -0.483 e. The lowest BCUT2D eigenvalue weighted by Gasteiger charge is -2.13. The zero-order chi connectivity index (χ0) is 23.2.